The predicted molar refractivity (Wildman–Crippen MR) is 110 cm³/mol. The van der Waals surface area contributed by atoms with E-state index in [-0.39, 0.29) is 5.57 Å². The molecule has 2 aromatic carbocycles. The largest absolute Gasteiger partial charge is 0.490 e. The summed E-state index contributed by atoms with van der Waals surface area (Å²) in [7, 11) is 0. The minimum Gasteiger partial charge on any atom is -0.490 e. The van der Waals surface area contributed by atoms with Crippen LogP contribution in [0.3, 0.4) is 0 Å². The minimum atomic E-state index is -0.486. The van der Waals surface area contributed by atoms with E-state index < -0.39 is 5.91 Å². The normalized spacial score (nSPS) is 10.6. The number of rotatable bonds is 8. The molecular formula is C21H19BrN2O3. The Morgan fingerprint density at radius 1 is 1.26 bits per heavy atom. The van der Waals surface area contributed by atoms with Crippen molar-refractivity contribution in [3.8, 4) is 17.6 Å². The molecule has 5 nitrogen and oxygen atoms in total. The van der Waals surface area contributed by atoms with Gasteiger partial charge in [-0.1, -0.05) is 40.7 Å². The summed E-state index contributed by atoms with van der Waals surface area (Å²) in [5.74, 6) is 0.629. The monoisotopic (exact) mass is 426 g/mol. The Kier molecular flexibility index (Phi) is 7.65. The number of halogens is 1. The third kappa shape index (κ3) is 6.01. The topological polar surface area (TPSA) is 71.3 Å². The third-order valence-electron chi connectivity index (χ3n) is 3.38. The fourth-order valence-corrected chi connectivity index (χ4v) is 2.63. The van der Waals surface area contributed by atoms with Crippen LogP contribution < -0.4 is 14.8 Å². The summed E-state index contributed by atoms with van der Waals surface area (Å²) in [6, 6.07) is 14.3. The number of amides is 1. The molecule has 6 heteroatoms. The number of hydrogen-bond donors (Lipinski definition) is 1. The van der Waals surface area contributed by atoms with Crippen molar-refractivity contribution in [1.82, 2.24) is 0 Å². The second-order valence-electron chi connectivity index (χ2n) is 5.37. The first kappa shape index (κ1) is 20.3. The molecular weight excluding hydrogens is 408 g/mol. The van der Waals surface area contributed by atoms with Crippen LogP contribution in [0.5, 0.6) is 11.5 Å². The third-order valence-corrected chi connectivity index (χ3v) is 3.88. The highest BCUT2D eigenvalue weighted by Crippen LogP contribution is 2.29. The van der Waals surface area contributed by atoms with Crippen LogP contribution in [0.1, 0.15) is 12.5 Å². The Morgan fingerprint density at radius 3 is 2.74 bits per heavy atom. The maximum Gasteiger partial charge on any atom is 0.266 e. The zero-order valence-corrected chi connectivity index (χ0v) is 16.5. The van der Waals surface area contributed by atoms with Gasteiger partial charge in [-0.05, 0) is 48.9 Å². The van der Waals surface area contributed by atoms with E-state index in [9.17, 15) is 10.1 Å². The molecule has 0 aliphatic heterocycles. The lowest BCUT2D eigenvalue weighted by atomic mass is 10.1. The van der Waals surface area contributed by atoms with Crippen molar-refractivity contribution in [1.29, 1.82) is 5.26 Å². The van der Waals surface area contributed by atoms with Crippen LogP contribution in [0, 0.1) is 11.3 Å². The maximum absolute atomic E-state index is 12.4. The highest BCUT2D eigenvalue weighted by molar-refractivity contribution is 9.10. The number of carbonyl (C=O) groups excluding carboxylic acids is 1. The summed E-state index contributed by atoms with van der Waals surface area (Å²) in [6.07, 6.45) is 3.15. The van der Waals surface area contributed by atoms with Crippen molar-refractivity contribution < 1.29 is 14.3 Å². The van der Waals surface area contributed by atoms with Crippen LogP contribution in [0.15, 0.2) is 65.2 Å². The molecule has 1 amide bonds. The quantitative estimate of drug-likeness (QED) is 0.367. The first-order chi connectivity index (χ1) is 13.1. The lowest BCUT2D eigenvalue weighted by Gasteiger charge is -2.11. The average Bonchev–Trinajstić information content (AvgIpc) is 2.65. The number of nitrogens with one attached hydrogen (secondary N) is 1. The van der Waals surface area contributed by atoms with E-state index in [4.69, 9.17) is 9.47 Å². The van der Waals surface area contributed by atoms with Gasteiger partial charge >= 0.3 is 0 Å². The molecule has 0 aliphatic carbocycles. The lowest BCUT2D eigenvalue weighted by Crippen LogP contribution is -2.13. The van der Waals surface area contributed by atoms with Gasteiger partial charge < -0.3 is 14.8 Å². The number of nitrogens with zero attached hydrogens (tertiary/aromatic N) is 1. The van der Waals surface area contributed by atoms with Gasteiger partial charge in [0, 0.05) is 10.2 Å². The molecule has 0 saturated heterocycles. The van der Waals surface area contributed by atoms with Gasteiger partial charge in [0.2, 0.25) is 0 Å². The Morgan fingerprint density at radius 2 is 2.07 bits per heavy atom. The minimum absolute atomic E-state index is 0.0165. The van der Waals surface area contributed by atoms with Crippen LogP contribution in [-0.4, -0.2) is 19.1 Å². The van der Waals surface area contributed by atoms with Gasteiger partial charge in [0.1, 0.15) is 18.2 Å². The van der Waals surface area contributed by atoms with Crippen LogP contribution in [-0.2, 0) is 4.79 Å². The number of hydrogen-bond acceptors (Lipinski definition) is 4. The zero-order chi connectivity index (χ0) is 19.6. The lowest BCUT2D eigenvalue weighted by molar-refractivity contribution is -0.112. The molecule has 0 aromatic heterocycles. The number of benzene rings is 2. The Bertz CT molecular complexity index is 901. The first-order valence-corrected chi connectivity index (χ1v) is 9.06. The molecule has 0 unspecified atom stereocenters. The fraction of sp³-hybridized carbons (Fsp3) is 0.143. The van der Waals surface area contributed by atoms with Gasteiger partial charge in [-0.2, -0.15) is 5.26 Å². The number of nitriles is 1. The number of ether oxygens (including phenoxy) is 2. The summed E-state index contributed by atoms with van der Waals surface area (Å²) < 4.78 is 12.0. The standard InChI is InChI=1S/C21H19BrN2O3/c1-3-10-27-19-9-8-15(12-20(19)26-4-2)11-16(14-23)21(25)24-18-7-5-6-17(22)13-18/h3,5-9,11-13H,1,4,10H2,2H3,(H,24,25)/b16-11-. The van der Waals surface area contributed by atoms with E-state index >= 15 is 0 Å². The summed E-state index contributed by atoms with van der Waals surface area (Å²) in [5.41, 5.74) is 1.24. The summed E-state index contributed by atoms with van der Waals surface area (Å²) in [6.45, 7) is 6.31. The van der Waals surface area contributed by atoms with Crippen molar-refractivity contribution in [3.05, 3.63) is 70.7 Å². The highest BCUT2D eigenvalue weighted by Gasteiger charge is 2.11. The second-order valence-corrected chi connectivity index (χ2v) is 6.29. The zero-order valence-electron chi connectivity index (χ0n) is 14.9. The Balaban J connectivity index is 2.25. The molecule has 2 aromatic rings. The van der Waals surface area contributed by atoms with Crippen LogP contribution in [0.4, 0.5) is 5.69 Å². The van der Waals surface area contributed by atoms with Crippen LogP contribution in [0.2, 0.25) is 0 Å². The van der Waals surface area contributed by atoms with Gasteiger partial charge in [-0.3, -0.25) is 4.79 Å². The van der Waals surface area contributed by atoms with Crippen LogP contribution in [0.25, 0.3) is 6.08 Å². The van der Waals surface area contributed by atoms with Crippen molar-refractivity contribution in [2.75, 3.05) is 18.5 Å². The van der Waals surface area contributed by atoms with Crippen molar-refractivity contribution >= 4 is 33.6 Å². The van der Waals surface area contributed by atoms with Gasteiger partial charge in [0.15, 0.2) is 11.5 Å². The van der Waals surface area contributed by atoms with Gasteiger partial charge in [0.05, 0.1) is 6.61 Å². The molecule has 0 atom stereocenters. The van der Waals surface area contributed by atoms with Crippen molar-refractivity contribution in [2.24, 2.45) is 0 Å². The van der Waals surface area contributed by atoms with E-state index in [1.807, 2.05) is 19.1 Å². The van der Waals surface area contributed by atoms with Crippen molar-refractivity contribution in [3.63, 3.8) is 0 Å². The molecule has 0 heterocycles. The molecule has 1 N–H and O–H groups in total. The molecule has 0 saturated carbocycles. The molecule has 0 radical (unpaired) electrons. The maximum atomic E-state index is 12.4. The smallest absolute Gasteiger partial charge is 0.266 e. The summed E-state index contributed by atoms with van der Waals surface area (Å²) in [4.78, 5) is 12.4. The van der Waals surface area contributed by atoms with Gasteiger partial charge in [-0.15, -0.1) is 0 Å². The highest BCUT2D eigenvalue weighted by atomic mass is 79.9. The predicted octanol–water partition coefficient (Wildman–Crippen LogP) is 4.96. The van der Waals surface area contributed by atoms with Crippen molar-refractivity contribution in [2.45, 2.75) is 6.92 Å². The van der Waals surface area contributed by atoms with E-state index in [1.165, 1.54) is 6.08 Å². The van der Waals surface area contributed by atoms with E-state index in [0.717, 1.165) is 4.47 Å². The Labute approximate surface area is 167 Å². The number of anilines is 1. The molecule has 0 aliphatic rings. The molecule has 138 valence electrons. The molecule has 0 spiro atoms. The first-order valence-electron chi connectivity index (χ1n) is 8.26. The summed E-state index contributed by atoms with van der Waals surface area (Å²) >= 11 is 3.34. The van der Waals surface area contributed by atoms with Gasteiger partial charge in [-0.25, -0.2) is 0 Å². The molecule has 0 fully saturated rings. The molecule has 0 bridgehead atoms. The SMILES string of the molecule is C=CCOc1ccc(/C=C(/C#N)C(=O)Nc2cccc(Br)c2)cc1OCC. The van der Waals surface area contributed by atoms with E-state index in [0.29, 0.717) is 36.0 Å². The molecule has 27 heavy (non-hydrogen) atoms. The average molecular weight is 427 g/mol. The van der Waals surface area contributed by atoms with Gasteiger partial charge in [0.25, 0.3) is 5.91 Å². The fourth-order valence-electron chi connectivity index (χ4n) is 2.23. The van der Waals surface area contributed by atoms with E-state index in [2.05, 4.69) is 27.8 Å². The van der Waals surface area contributed by atoms with E-state index in [1.54, 1.807) is 42.5 Å². The molecule has 2 rings (SSSR count). The summed E-state index contributed by atoms with van der Waals surface area (Å²) in [5, 5.41) is 12.1. The van der Waals surface area contributed by atoms with Crippen LogP contribution >= 0.6 is 15.9 Å². The number of carbonyl (C=O) groups is 1. The second kappa shape index (κ2) is 10.2. The Hall–Kier alpha value is -3.04.